The predicted octanol–water partition coefficient (Wildman–Crippen LogP) is 3.19. The molecule has 1 saturated heterocycles. The van der Waals surface area contributed by atoms with Crippen molar-refractivity contribution in [2.24, 2.45) is 5.92 Å². The number of piperidine rings is 1. The van der Waals surface area contributed by atoms with Crippen molar-refractivity contribution in [3.8, 4) is 5.75 Å². The van der Waals surface area contributed by atoms with Crippen molar-refractivity contribution in [3.05, 3.63) is 29.8 Å². The van der Waals surface area contributed by atoms with Crippen molar-refractivity contribution in [2.45, 2.75) is 45.6 Å². The Morgan fingerprint density at radius 1 is 1.17 bits per heavy atom. The fourth-order valence-electron chi connectivity index (χ4n) is 2.79. The highest BCUT2D eigenvalue weighted by Gasteiger charge is 2.25. The van der Waals surface area contributed by atoms with Gasteiger partial charge in [-0.15, -0.1) is 0 Å². The fourth-order valence-corrected chi connectivity index (χ4v) is 2.79. The molecule has 2 rings (SSSR count). The number of carboxylic acid groups (broad SMARTS) is 1. The van der Waals surface area contributed by atoms with Crippen LogP contribution in [0.1, 0.15) is 50.4 Å². The Balaban J connectivity index is 1.92. The quantitative estimate of drug-likeness (QED) is 0.925. The van der Waals surface area contributed by atoms with E-state index < -0.39 is 5.97 Å². The molecule has 1 heterocycles. The maximum atomic E-state index is 12.5. The van der Waals surface area contributed by atoms with Gasteiger partial charge >= 0.3 is 5.97 Å². The molecule has 1 fully saturated rings. The highest BCUT2D eigenvalue weighted by molar-refractivity contribution is 5.94. The number of carboxylic acids is 1. The van der Waals surface area contributed by atoms with Crippen molar-refractivity contribution in [1.82, 2.24) is 4.90 Å². The first kappa shape index (κ1) is 17.3. The second-order valence-corrected chi connectivity index (χ2v) is 7.07. The predicted molar refractivity (Wildman–Crippen MR) is 87.7 cm³/mol. The zero-order chi connectivity index (χ0) is 17.0. The van der Waals surface area contributed by atoms with Crippen molar-refractivity contribution >= 4 is 11.9 Å². The van der Waals surface area contributed by atoms with Crippen LogP contribution in [0.25, 0.3) is 0 Å². The molecule has 1 amide bonds. The number of hydrogen-bond donors (Lipinski definition) is 1. The highest BCUT2D eigenvalue weighted by atomic mass is 16.5. The minimum atomic E-state index is -0.760. The van der Waals surface area contributed by atoms with E-state index in [2.05, 4.69) is 0 Å². The summed E-state index contributed by atoms with van der Waals surface area (Å²) in [7, 11) is 0. The van der Waals surface area contributed by atoms with Gasteiger partial charge < -0.3 is 14.7 Å². The largest absolute Gasteiger partial charge is 0.488 e. The van der Waals surface area contributed by atoms with Gasteiger partial charge in [0.2, 0.25) is 0 Å². The Morgan fingerprint density at radius 3 is 2.22 bits per heavy atom. The van der Waals surface area contributed by atoms with Crippen LogP contribution in [-0.4, -0.2) is 40.6 Å². The van der Waals surface area contributed by atoms with E-state index >= 15 is 0 Å². The number of carbonyl (C=O) groups excluding carboxylic acids is 1. The summed E-state index contributed by atoms with van der Waals surface area (Å²) in [6.07, 6.45) is 1.70. The maximum Gasteiger partial charge on any atom is 0.303 e. The van der Waals surface area contributed by atoms with Crippen LogP contribution >= 0.6 is 0 Å². The molecular weight excluding hydrogens is 294 g/mol. The molecule has 0 aliphatic carbocycles. The zero-order valence-corrected chi connectivity index (χ0v) is 14.0. The zero-order valence-electron chi connectivity index (χ0n) is 14.0. The van der Waals surface area contributed by atoms with Gasteiger partial charge in [-0.2, -0.15) is 0 Å². The third-order valence-corrected chi connectivity index (χ3v) is 3.89. The summed E-state index contributed by atoms with van der Waals surface area (Å²) in [4.78, 5) is 25.0. The van der Waals surface area contributed by atoms with E-state index in [4.69, 9.17) is 9.84 Å². The van der Waals surface area contributed by atoms with Crippen LogP contribution in [0.4, 0.5) is 0 Å². The van der Waals surface area contributed by atoms with E-state index in [0.29, 0.717) is 18.7 Å². The van der Waals surface area contributed by atoms with Gasteiger partial charge in [0, 0.05) is 25.1 Å². The maximum absolute atomic E-state index is 12.5. The van der Waals surface area contributed by atoms with E-state index in [1.165, 1.54) is 0 Å². The summed E-state index contributed by atoms with van der Waals surface area (Å²) < 4.78 is 5.75. The molecule has 0 saturated carbocycles. The topological polar surface area (TPSA) is 66.8 Å². The van der Waals surface area contributed by atoms with Crippen LogP contribution in [0.5, 0.6) is 5.75 Å². The molecule has 1 aliphatic rings. The molecule has 1 aromatic carbocycles. The lowest BCUT2D eigenvalue weighted by Crippen LogP contribution is -2.38. The number of amides is 1. The smallest absolute Gasteiger partial charge is 0.303 e. The number of likely N-dealkylation sites (tertiary alicyclic amines) is 1. The average molecular weight is 319 g/mol. The molecule has 1 aliphatic heterocycles. The number of ether oxygens (including phenoxy) is 1. The lowest BCUT2D eigenvalue weighted by Gasteiger charge is -2.31. The molecule has 0 spiro atoms. The second kappa shape index (κ2) is 7.02. The van der Waals surface area contributed by atoms with E-state index in [1.807, 2.05) is 32.9 Å². The molecule has 126 valence electrons. The molecule has 0 radical (unpaired) electrons. The monoisotopic (exact) mass is 319 g/mol. The number of aliphatic carboxylic acids is 1. The van der Waals surface area contributed by atoms with Gasteiger partial charge in [-0.25, -0.2) is 0 Å². The van der Waals surface area contributed by atoms with Gasteiger partial charge in [0.15, 0.2) is 0 Å². The summed E-state index contributed by atoms with van der Waals surface area (Å²) >= 11 is 0. The Kier molecular flexibility index (Phi) is 5.29. The molecule has 1 N–H and O–H groups in total. The molecule has 1 aromatic rings. The first-order valence-corrected chi connectivity index (χ1v) is 8.05. The molecule has 0 unspecified atom stereocenters. The van der Waals surface area contributed by atoms with E-state index in [0.717, 1.165) is 18.6 Å². The van der Waals surface area contributed by atoms with E-state index in [9.17, 15) is 9.59 Å². The minimum absolute atomic E-state index is 0.00100. The van der Waals surface area contributed by atoms with Gasteiger partial charge in [0.05, 0.1) is 0 Å². The highest BCUT2D eigenvalue weighted by Crippen LogP contribution is 2.23. The minimum Gasteiger partial charge on any atom is -0.488 e. The molecule has 0 atom stereocenters. The van der Waals surface area contributed by atoms with Crippen LogP contribution in [0, 0.1) is 5.92 Å². The summed E-state index contributed by atoms with van der Waals surface area (Å²) in [5.41, 5.74) is 0.375. The van der Waals surface area contributed by atoms with Crippen molar-refractivity contribution in [3.63, 3.8) is 0 Å². The molecular formula is C18H25NO4. The van der Waals surface area contributed by atoms with Crippen LogP contribution in [0.3, 0.4) is 0 Å². The fraction of sp³-hybridized carbons (Fsp3) is 0.556. The third kappa shape index (κ3) is 5.27. The van der Waals surface area contributed by atoms with Crippen molar-refractivity contribution < 1.29 is 19.4 Å². The van der Waals surface area contributed by atoms with Crippen molar-refractivity contribution in [2.75, 3.05) is 13.1 Å². The Bertz CT molecular complexity index is 551. The molecule has 5 heteroatoms. The van der Waals surface area contributed by atoms with Gasteiger partial charge in [0.1, 0.15) is 11.4 Å². The molecule has 23 heavy (non-hydrogen) atoms. The molecule has 0 aromatic heterocycles. The lowest BCUT2D eigenvalue weighted by atomic mass is 9.93. The Labute approximate surface area is 137 Å². The number of benzene rings is 1. The second-order valence-electron chi connectivity index (χ2n) is 7.07. The summed E-state index contributed by atoms with van der Waals surface area (Å²) in [5.74, 6) is 0.165. The number of nitrogens with zero attached hydrogens (tertiary/aromatic N) is 1. The van der Waals surface area contributed by atoms with Gasteiger partial charge in [-0.1, -0.05) is 0 Å². The first-order valence-electron chi connectivity index (χ1n) is 8.05. The molecule has 5 nitrogen and oxygen atoms in total. The number of rotatable bonds is 4. The normalized spacial score (nSPS) is 16.2. The first-order chi connectivity index (χ1) is 10.7. The van der Waals surface area contributed by atoms with E-state index in [1.54, 1.807) is 17.0 Å². The van der Waals surface area contributed by atoms with Crippen LogP contribution in [-0.2, 0) is 4.79 Å². The average Bonchev–Trinajstić information content (AvgIpc) is 2.46. The number of carbonyl (C=O) groups is 2. The third-order valence-electron chi connectivity index (χ3n) is 3.89. The van der Waals surface area contributed by atoms with Crippen LogP contribution in [0.2, 0.25) is 0 Å². The summed E-state index contributed by atoms with van der Waals surface area (Å²) in [6, 6.07) is 7.20. The standard InChI is InChI=1S/C18H25NO4/c1-18(2,3)23-15-6-4-14(5-7-15)17(22)19-10-8-13(9-11-19)12-16(20)21/h4-7,13H,8-12H2,1-3H3,(H,20,21). The van der Waals surface area contributed by atoms with Gasteiger partial charge in [-0.3, -0.25) is 9.59 Å². The SMILES string of the molecule is CC(C)(C)Oc1ccc(C(=O)N2CCC(CC(=O)O)CC2)cc1. The Hall–Kier alpha value is -2.04. The van der Waals surface area contributed by atoms with E-state index in [-0.39, 0.29) is 23.8 Å². The number of hydrogen-bond acceptors (Lipinski definition) is 3. The lowest BCUT2D eigenvalue weighted by molar-refractivity contribution is -0.138. The van der Waals surface area contributed by atoms with Crippen LogP contribution in [0.15, 0.2) is 24.3 Å². The van der Waals surface area contributed by atoms with Crippen LogP contribution < -0.4 is 4.74 Å². The van der Waals surface area contributed by atoms with Crippen molar-refractivity contribution in [1.29, 1.82) is 0 Å². The molecule has 0 bridgehead atoms. The van der Waals surface area contributed by atoms with Gasteiger partial charge in [-0.05, 0) is 63.8 Å². The summed E-state index contributed by atoms with van der Waals surface area (Å²) in [6.45, 7) is 7.18. The summed E-state index contributed by atoms with van der Waals surface area (Å²) in [5, 5.41) is 8.83. The Morgan fingerprint density at radius 2 is 1.74 bits per heavy atom. The van der Waals surface area contributed by atoms with Gasteiger partial charge in [0.25, 0.3) is 5.91 Å².